The summed E-state index contributed by atoms with van der Waals surface area (Å²) in [7, 11) is 0. The number of nitrogens with two attached hydrogens (primary N) is 2. The Morgan fingerprint density at radius 1 is 0.917 bits per heavy atom. The molecular weight excluding hydrogens is 501 g/mol. The normalized spacial score (nSPS) is 11.3. The van der Waals surface area contributed by atoms with Gasteiger partial charge in [0.15, 0.2) is 5.69 Å². The molecule has 2 heterocycles. The van der Waals surface area contributed by atoms with Gasteiger partial charge >= 0.3 is 6.18 Å². The number of carbonyl (C=O) groups is 3. The zero-order valence-electron chi connectivity index (χ0n) is 17.9. The number of hydrogen-bond acceptors (Lipinski definition) is 7. The van der Waals surface area contributed by atoms with Crippen LogP contribution in [0.1, 0.15) is 36.3 Å². The molecule has 2 aromatic heterocycles. The fraction of sp³-hybridized carbons (Fsp3) is 0.0476. The molecule has 0 bridgehead atoms. The van der Waals surface area contributed by atoms with E-state index >= 15 is 0 Å². The zero-order valence-corrected chi connectivity index (χ0v) is 18.7. The van der Waals surface area contributed by atoms with Gasteiger partial charge in [0.25, 0.3) is 11.8 Å². The summed E-state index contributed by atoms with van der Waals surface area (Å²) in [5.74, 6) is -2.50. The van der Waals surface area contributed by atoms with Crippen LogP contribution < -0.4 is 21.6 Å². The van der Waals surface area contributed by atoms with Crippen molar-refractivity contribution < 1.29 is 27.6 Å². The number of rotatable bonds is 6. The third-order valence-corrected chi connectivity index (χ3v) is 5.61. The first-order valence-corrected chi connectivity index (χ1v) is 10.7. The van der Waals surface area contributed by atoms with Gasteiger partial charge in [0, 0.05) is 17.3 Å². The highest BCUT2D eigenvalue weighted by atomic mass is 32.1. The lowest BCUT2D eigenvalue weighted by Crippen LogP contribution is -2.18. The van der Waals surface area contributed by atoms with Crippen LogP contribution in [0.2, 0.25) is 0 Å². The molecule has 11 nitrogen and oxygen atoms in total. The van der Waals surface area contributed by atoms with E-state index in [1.54, 1.807) is 0 Å². The lowest BCUT2D eigenvalue weighted by atomic mass is 10.2. The van der Waals surface area contributed by atoms with E-state index in [1.807, 2.05) is 0 Å². The SMILES string of the molecule is N=c1sc(C(N)=O)nn1-c1ccc(NC(=O)c2cc(C(F)(F)F)nn2-c2cccc(C(N)=O)c2)cc1. The number of carbonyl (C=O) groups excluding carboxylic acids is 3. The molecule has 0 unspecified atom stereocenters. The van der Waals surface area contributed by atoms with Crippen LogP contribution in [-0.2, 0) is 6.18 Å². The van der Waals surface area contributed by atoms with E-state index in [1.165, 1.54) is 48.5 Å². The zero-order chi connectivity index (χ0) is 26.2. The summed E-state index contributed by atoms with van der Waals surface area (Å²) >= 11 is 0.780. The highest BCUT2D eigenvalue weighted by Gasteiger charge is 2.36. The van der Waals surface area contributed by atoms with E-state index in [-0.39, 0.29) is 26.7 Å². The topological polar surface area (TPSA) is 175 Å². The smallest absolute Gasteiger partial charge is 0.366 e. The minimum Gasteiger partial charge on any atom is -0.366 e. The molecule has 3 amide bonds. The summed E-state index contributed by atoms with van der Waals surface area (Å²) in [4.78, 5) is 35.6. The molecular formula is C21H15F3N8O3S. The number of amides is 3. The summed E-state index contributed by atoms with van der Waals surface area (Å²) in [6.45, 7) is 0. The summed E-state index contributed by atoms with van der Waals surface area (Å²) < 4.78 is 42.0. The van der Waals surface area contributed by atoms with Gasteiger partial charge in [-0.2, -0.15) is 18.3 Å². The van der Waals surface area contributed by atoms with Crippen molar-refractivity contribution >= 4 is 34.7 Å². The Hall–Kier alpha value is -4.79. The second kappa shape index (κ2) is 9.10. The van der Waals surface area contributed by atoms with Crippen LogP contribution in [-0.4, -0.2) is 37.3 Å². The molecule has 2 aromatic carbocycles. The van der Waals surface area contributed by atoms with Crippen molar-refractivity contribution in [1.82, 2.24) is 19.6 Å². The Labute approximate surface area is 203 Å². The van der Waals surface area contributed by atoms with Crippen LogP contribution in [0.25, 0.3) is 11.4 Å². The van der Waals surface area contributed by atoms with E-state index < -0.39 is 35.3 Å². The molecule has 0 aliphatic carbocycles. The van der Waals surface area contributed by atoms with Crippen molar-refractivity contribution in [2.45, 2.75) is 6.18 Å². The maximum Gasteiger partial charge on any atom is 0.435 e. The lowest BCUT2D eigenvalue weighted by Gasteiger charge is -2.10. The number of aromatic nitrogens is 4. The summed E-state index contributed by atoms with van der Waals surface area (Å²) in [5, 5.41) is 17.8. The van der Waals surface area contributed by atoms with E-state index in [2.05, 4.69) is 15.5 Å². The Kier molecular flexibility index (Phi) is 6.15. The Balaban J connectivity index is 1.65. The number of anilines is 1. The molecule has 0 spiro atoms. The maximum absolute atomic E-state index is 13.4. The van der Waals surface area contributed by atoms with Gasteiger partial charge < -0.3 is 16.8 Å². The van der Waals surface area contributed by atoms with Crippen molar-refractivity contribution in [2.24, 2.45) is 11.5 Å². The van der Waals surface area contributed by atoms with Crippen molar-refractivity contribution in [3.8, 4) is 11.4 Å². The van der Waals surface area contributed by atoms with Crippen LogP contribution in [0.4, 0.5) is 18.9 Å². The highest BCUT2D eigenvalue weighted by molar-refractivity contribution is 7.10. The van der Waals surface area contributed by atoms with Crippen LogP contribution in [0.3, 0.4) is 0 Å². The highest BCUT2D eigenvalue weighted by Crippen LogP contribution is 2.30. The number of halogens is 3. The van der Waals surface area contributed by atoms with Gasteiger partial charge in [-0.1, -0.05) is 17.4 Å². The van der Waals surface area contributed by atoms with Crippen LogP contribution in [0.5, 0.6) is 0 Å². The molecule has 0 atom stereocenters. The van der Waals surface area contributed by atoms with Gasteiger partial charge in [-0.15, -0.1) is 5.10 Å². The second-order valence-corrected chi connectivity index (χ2v) is 8.21. The quantitative estimate of drug-likeness (QED) is 0.306. The Morgan fingerprint density at radius 3 is 2.19 bits per heavy atom. The second-order valence-electron chi connectivity index (χ2n) is 7.23. The molecule has 4 rings (SSSR count). The fourth-order valence-corrected chi connectivity index (χ4v) is 3.76. The number of primary amides is 2. The standard InChI is InChI=1S/C21H15F3N8O3S/c22-21(23,24)15-9-14(31(29-15)13-3-1-2-10(8-13)16(25)33)18(35)28-11-4-6-12(7-5-11)32-20(27)36-19(30-32)17(26)34/h1-9,27H,(H2,25,33)(H2,26,34)(H,28,35). The summed E-state index contributed by atoms with van der Waals surface area (Å²) in [5.41, 5.74) is 9.32. The minimum absolute atomic E-state index is 0.0197. The molecule has 0 aliphatic rings. The number of hydrogen-bond donors (Lipinski definition) is 4. The maximum atomic E-state index is 13.4. The van der Waals surface area contributed by atoms with Crippen LogP contribution in [0, 0.1) is 5.41 Å². The first-order chi connectivity index (χ1) is 16.9. The van der Waals surface area contributed by atoms with Crippen molar-refractivity contribution in [1.29, 1.82) is 5.41 Å². The van der Waals surface area contributed by atoms with E-state index in [0.29, 0.717) is 11.8 Å². The minimum atomic E-state index is -4.83. The Bertz CT molecular complexity index is 1550. The lowest BCUT2D eigenvalue weighted by molar-refractivity contribution is -0.141. The van der Waals surface area contributed by atoms with Gasteiger partial charge in [0.05, 0.1) is 11.4 Å². The van der Waals surface area contributed by atoms with E-state index in [0.717, 1.165) is 20.7 Å². The molecule has 0 aliphatic heterocycles. The third-order valence-electron chi connectivity index (χ3n) is 4.76. The molecule has 36 heavy (non-hydrogen) atoms. The van der Waals surface area contributed by atoms with Gasteiger partial charge in [-0.25, -0.2) is 9.36 Å². The molecule has 0 saturated carbocycles. The predicted octanol–water partition coefficient (Wildman–Crippen LogP) is 2.07. The van der Waals surface area contributed by atoms with E-state index in [4.69, 9.17) is 16.9 Å². The molecule has 6 N–H and O–H groups in total. The molecule has 4 aromatic rings. The van der Waals surface area contributed by atoms with Gasteiger partial charge in [0.2, 0.25) is 15.7 Å². The number of nitrogens with one attached hydrogen (secondary N) is 2. The molecule has 0 saturated heterocycles. The van der Waals surface area contributed by atoms with Crippen molar-refractivity contribution in [3.05, 3.63) is 81.4 Å². The predicted molar refractivity (Wildman–Crippen MR) is 121 cm³/mol. The monoisotopic (exact) mass is 516 g/mol. The number of nitrogens with zero attached hydrogens (tertiary/aromatic N) is 4. The fourth-order valence-electron chi connectivity index (χ4n) is 3.12. The molecule has 15 heteroatoms. The van der Waals surface area contributed by atoms with Crippen LogP contribution >= 0.6 is 11.3 Å². The molecule has 184 valence electrons. The van der Waals surface area contributed by atoms with Crippen molar-refractivity contribution in [3.63, 3.8) is 0 Å². The Morgan fingerprint density at radius 2 is 1.61 bits per heavy atom. The summed E-state index contributed by atoms with van der Waals surface area (Å²) in [6.07, 6.45) is -4.83. The molecule has 0 fully saturated rings. The number of benzene rings is 2. The average Bonchev–Trinajstić information content (AvgIpc) is 3.44. The first-order valence-electron chi connectivity index (χ1n) is 9.88. The van der Waals surface area contributed by atoms with Gasteiger partial charge in [0.1, 0.15) is 5.69 Å². The van der Waals surface area contributed by atoms with Crippen LogP contribution in [0.15, 0.2) is 54.6 Å². The third kappa shape index (κ3) is 4.85. The number of alkyl halides is 3. The van der Waals surface area contributed by atoms with E-state index in [9.17, 15) is 27.6 Å². The van der Waals surface area contributed by atoms with Crippen molar-refractivity contribution in [2.75, 3.05) is 5.32 Å². The largest absolute Gasteiger partial charge is 0.435 e. The first kappa shape index (κ1) is 24.3. The summed E-state index contributed by atoms with van der Waals surface area (Å²) in [6, 6.07) is 11.8. The molecule has 0 radical (unpaired) electrons. The van der Waals surface area contributed by atoms with Gasteiger partial charge in [-0.3, -0.25) is 19.8 Å². The van der Waals surface area contributed by atoms with Gasteiger partial charge in [-0.05, 0) is 42.5 Å². The average molecular weight is 516 g/mol.